The summed E-state index contributed by atoms with van der Waals surface area (Å²) in [5, 5.41) is 7.18. The first-order chi connectivity index (χ1) is 21.8. The molecule has 0 radical (unpaired) electrons. The highest BCUT2D eigenvalue weighted by atomic mass is 31.2. The zero-order chi connectivity index (χ0) is 33.7. The zero-order valence-corrected chi connectivity index (χ0v) is 26.7. The molecule has 0 aliphatic carbocycles. The van der Waals surface area contributed by atoms with Gasteiger partial charge in [-0.05, 0) is 12.0 Å². The van der Waals surface area contributed by atoms with Gasteiger partial charge in [-0.3, -0.25) is 33.9 Å². The number of benzene rings is 1. The van der Waals surface area contributed by atoms with Gasteiger partial charge >= 0.3 is 28.4 Å². The normalized spacial score (nSPS) is 16.1. The molecule has 0 bridgehead atoms. The maximum absolute atomic E-state index is 13.5. The van der Waals surface area contributed by atoms with Gasteiger partial charge in [0.1, 0.15) is 18.3 Å². The molecule has 18 nitrogen and oxygen atoms in total. The van der Waals surface area contributed by atoms with Crippen LogP contribution in [0, 0.1) is 0 Å². The Morgan fingerprint density at radius 2 is 1.65 bits per heavy atom. The van der Waals surface area contributed by atoms with Gasteiger partial charge in [0.25, 0.3) is 5.91 Å². The summed E-state index contributed by atoms with van der Waals surface area (Å²) in [6, 6.07) is 8.26. The van der Waals surface area contributed by atoms with Gasteiger partial charge in [0.05, 0.1) is 12.1 Å². The van der Waals surface area contributed by atoms with Crippen molar-refractivity contribution in [3.8, 4) is 0 Å². The molecule has 2 heterocycles. The van der Waals surface area contributed by atoms with Crippen LogP contribution in [0.25, 0.3) is 0 Å². The zero-order valence-electron chi connectivity index (χ0n) is 24.9. The van der Waals surface area contributed by atoms with Crippen LogP contribution in [0.5, 0.6) is 0 Å². The predicted octanol–water partition coefficient (Wildman–Crippen LogP) is -0.546. The largest absolute Gasteiger partial charge is 0.480 e. The number of alkyl carbamates (subject to hydrolysis) is 1. The van der Waals surface area contributed by atoms with Crippen molar-refractivity contribution in [3.63, 3.8) is 0 Å². The second-order valence-electron chi connectivity index (χ2n) is 10.1. The summed E-state index contributed by atoms with van der Waals surface area (Å²) < 4.78 is 39.3. The van der Waals surface area contributed by atoms with Crippen LogP contribution in [0.1, 0.15) is 29.4 Å². The Morgan fingerprint density at radius 3 is 2.22 bits per heavy atom. The van der Waals surface area contributed by atoms with Crippen molar-refractivity contribution in [3.05, 3.63) is 60.2 Å². The quantitative estimate of drug-likeness (QED) is 0.0972. The third kappa shape index (κ3) is 12.2. The number of amides is 3. The number of nitrogens with zero attached hydrogens (tertiary/aromatic N) is 3. The van der Waals surface area contributed by atoms with Gasteiger partial charge in [0, 0.05) is 51.7 Å². The molecule has 1 fully saturated rings. The van der Waals surface area contributed by atoms with E-state index in [2.05, 4.69) is 20.6 Å². The summed E-state index contributed by atoms with van der Waals surface area (Å²) in [6.45, 7) is 2.81. The van der Waals surface area contributed by atoms with E-state index in [1.807, 2.05) is 42.2 Å². The monoisotopic (exact) mass is 686 g/mol. The molecule has 1 aliphatic rings. The topological polar surface area (TPSA) is 259 Å². The fourth-order valence-electron chi connectivity index (χ4n) is 4.34. The van der Waals surface area contributed by atoms with Gasteiger partial charge in [0.2, 0.25) is 11.4 Å². The second-order valence-corrected chi connectivity index (χ2v) is 13.9. The van der Waals surface area contributed by atoms with E-state index < -0.39 is 57.7 Å². The molecule has 3 rings (SSSR count). The average molecular weight is 686 g/mol. The number of carbonyl (C=O) groups excluding carboxylic acids is 3. The molecule has 0 spiro atoms. The van der Waals surface area contributed by atoms with Crippen molar-refractivity contribution in [2.75, 3.05) is 39.5 Å². The van der Waals surface area contributed by atoms with Gasteiger partial charge in [-0.1, -0.05) is 37.3 Å². The van der Waals surface area contributed by atoms with Crippen molar-refractivity contribution in [1.29, 1.82) is 0 Å². The Bertz CT molecular complexity index is 1350. The lowest BCUT2D eigenvalue weighted by Crippen LogP contribution is -2.56. The molecule has 1 aliphatic heterocycles. The van der Waals surface area contributed by atoms with E-state index in [4.69, 9.17) is 33.6 Å². The smallest absolute Gasteiger partial charge is 0.448 e. The van der Waals surface area contributed by atoms with Crippen molar-refractivity contribution in [2.24, 2.45) is 0 Å². The van der Waals surface area contributed by atoms with Crippen LogP contribution >= 0.6 is 15.2 Å². The lowest BCUT2D eigenvalue weighted by atomic mass is 9.76. The predicted molar refractivity (Wildman–Crippen MR) is 162 cm³/mol. The van der Waals surface area contributed by atoms with E-state index in [-0.39, 0.29) is 38.5 Å². The minimum Gasteiger partial charge on any atom is -0.448 e. The standard InChI is InChI=1S/C25H37BN6O12P2/c1-2-21(30-22(33)19(16-18-6-4-3-5-7-18)29-23(34)20-17-27-8-9-28-20)26-43-14-11-32(12-15-44-26)10-13-42-24(35)31-25(45(36,37)38)46(39,40)41/h3-9,17,19,21,25H,2,10-16H2,1H3,(H,29,34)(H,30,33)(H,31,35)(H2,36,37,38)(H2,39,40,41)/t19-,21+/m1/s1. The van der Waals surface area contributed by atoms with Crippen LogP contribution in [0.4, 0.5) is 4.79 Å². The Hall–Kier alpha value is -3.25. The molecule has 1 aromatic heterocycles. The molecule has 0 saturated carbocycles. The second kappa shape index (κ2) is 17.6. The SMILES string of the molecule is CC[C@H](NC(=O)[C@@H](Cc1ccccc1)NC(=O)c1cnccn1)B1OCCN(CCOC(=O)NC(P(=O)(O)O)P(=O)(O)O)CCO1. The molecule has 1 saturated heterocycles. The highest BCUT2D eigenvalue weighted by molar-refractivity contribution is 7.70. The minimum absolute atomic E-state index is 0.0640. The van der Waals surface area contributed by atoms with E-state index in [1.165, 1.54) is 23.9 Å². The van der Waals surface area contributed by atoms with Gasteiger partial charge in [-0.2, -0.15) is 0 Å². The first kappa shape index (κ1) is 37.2. The molecule has 2 atom stereocenters. The van der Waals surface area contributed by atoms with E-state index in [0.29, 0.717) is 19.5 Å². The van der Waals surface area contributed by atoms with Gasteiger partial charge < -0.3 is 44.3 Å². The highest BCUT2D eigenvalue weighted by Gasteiger charge is 2.45. The summed E-state index contributed by atoms with van der Waals surface area (Å²) in [7, 11) is -11.5. The summed E-state index contributed by atoms with van der Waals surface area (Å²) in [6.07, 6.45) is 3.37. The van der Waals surface area contributed by atoms with Crippen molar-refractivity contribution >= 4 is 40.2 Å². The number of nitrogens with one attached hydrogen (secondary N) is 3. The average Bonchev–Trinajstić information content (AvgIpc) is 2.99. The van der Waals surface area contributed by atoms with Crippen LogP contribution in [0.2, 0.25) is 0 Å². The van der Waals surface area contributed by atoms with Gasteiger partial charge in [0.15, 0.2) is 0 Å². The molecule has 21 heteroatoms. The van der Waals surface area contributed by atoms with Crippen molar-refractivity contribution < 1.29 is 57.1 Å². The maximum atomic E-state index is 13.5. The fraction of sp³-hybridized carbons (Fsp3) is 0.480. The number of rotatable bonds is 14. The van der Waals surface area contributed by atoms with Crippen LogP contribution in [-0.4, -0.2) is 116 Å². The summed E-state index contributed by atoms with van der Waals surface area (Å²) in [5.74, 6) is -1.56. The minimum atomic E-state index is -5.36. The van der Waals surface area contributed by atoms with Crippen LogP contribution in [0.3, 0.4) is 0 Å². The lowest BCUT2D eigenvalue weighted by molar-refractivity contribution is -0.123. The van der Waals surface area contributed by atoms with E-state index in [9.17, 15) is 23.5 Å². The van der Waals surface area contributed by atoms with Crippen molar-refractivity contribution in [1.82, 2.24) is 30.8 Å². The fourth-order valence-corrected chi connectivity index (χ4v) is 6.46. The Balaban J connectivity index is 1.52. The molecule has 2 aromatic rings. The Labute approximate surface area is 265 Å². The molecular weight excluding hydrogens is 649 g/mol. The van der Waals surface area contributed by atoms with Crippen LogP contribution in [0.15, 0.2) is 48.9 Å². The van der Waals surface area contributed by atoms with Crippen molar-refractivity contribution in [2.45, 2.75) is 37.3 Å². The maximum Gasteiger partial charge on any atom is 0.480 e. The number of aromatic nitrogens is 2. The Kier molecular flexibility index (Phi) is 14.2. The van der Waals surface area contributed by atoms with Crippen LogP contribution < -0.4 is 16.0 Å². The first-order valence-corrected chi connectivity index (χ1v) is 17.5. The summed E-state index contributed by atoms with van der Waals surface area (Å²) >= 11 is 0. The number of hydrogen-bond donors (Lipinski definition) is 7. The molecule has 0 unspecified atom stereocenters. The van der Waals surface area contributed by atoms with Gasteiger partial charge in [-0.15, -0.1) is 0 Å². The molecule has 252 valence electrons. The van der Waals surface area contributed by atoms with E-state index >= 15 is 0 Å². The molecular formula is C25H37BN6O12P2. The molecule has 3 amide bonds. The number of carbonyl (C=O) groups is 3. The van der Waals surface area contributed by atoms with E-state index in [0.717, 1.165) is 5.56 Å². The number of hydrogen-bond acceptors (Lipinski definition) is 11. The third-order valence-corrected chi connectivity index (χ3v) is 10.0. The summed E-state index contributed by atoms with van der Waals surface area (Å²) in [5.41, 5.74) is -1.82. The number of ether oxygens (including phenoxy) is 1. The third-order valence-electron chi connectivity index (χ3n) is 6.70. The lowest BCUT2D eigenvalue weighted by Gasteiger charge is -2.31. The molecule has 1 aromatic carbocycles. The van der Waals surface area contributed by atoms with Gasteiger partial charge in [-0.25, -0.2) is 9.78 Å². The molecule has 7 N–H and O–H groups in total. The highest BCUT2D eigenvalue weighted by Crippen LogP contribution is 2.58. The van der Waals surface area contributed by atoms with E-state index in [1.54, 1.807) is 0 Å². The first-order valence-electron chi connectivity index (χ1n) is 14.2. The molecule has 46 heavy (non-hydrogen) atoms. The summed E-state index contributed by atoms with van der Waals surface area (Å²) in [4.78, 5) is 84.3. The van der Waals surface area contributed by atoms with Crippen LogP contribution in [-0.2, 0) is 34.4 Å². The Morgan fingerprint density at radius 1 is 1.00 bits per heavy atom.